The maximum absolute atomic E-state index is 13.4. The smallest absolute Gasteiger partial charge is 0.350 e. The summed E-state index contributed by atoms with van der Waals surface area (Å²) in [4.78, 5) is 45.2. The third-order valence-electron chi connectivity index (χ3n) is 6.18. The topological polar surface area (TPSA) is 106 Å². The van der Waals surface area contributed by atoms with E-state index in [1.165, 1.54) is 4.90 Å². The highest BCUT2D eigenvalue weighted by molar-refractivity contribution is 7.17. The van der Waals surface area contributed by atoms with Crippen LogP contribution in [0.1, 0.15) is 64.8 Å². The first-order valence-electron chi connectivity index (χ1n) is 12.5. The lowest BCUT2D eigenvalue weighted by Gasteiger charge is -2.23. The number of rotatable bonds is 9. The van der Waals surface area contributed by atoms with Crippen LogP contribution in [0.2, 0.25) is 0 Å². The number of Topliss-reactive ketones (excluding diaryl/α,β-unsaturated/α-hetero) is 1. The zero-order chi connectivity index (χ0) is 27.4. The second-order valence-electron chi connectivity index (χ2n) is 8.94. The predicted octanol–water partition coefficient (Wildman–Crippen LogP) is 5.74. The molecule has 9 heteroatoms. The molecule has 0 aliphatic carbocycles. The van der Waals surface area contributed by atoms with Gasteiger partial charge in [-0.3, -0.25) is 14.5 Å². The molecule has 1 aromatic heterocycles. The van der Waals surface area contributed by atoms with Gasteiger partial charge in [-0.25, -0.2) is 9.78 Å². The molecule has 1 amide bonds. The van der Waals surface area contributed by atoms with Gasteiger partial charge in [0, 0.05) is 5.56 Å². The van der Waals surface area contributed by atoms with Crippen molar-refractivity contribution in [2.45, 2.75) is 46.6 Å². The fourth-order valence-electron chi connectivity index (χ4n) is 4.16. The molecule has 8 nitrogen and oxygen atoms in total. The number of unbranched alkanes of at least 4 members (excludes halogenated alkanes) is 1. The van der Waals surface area contributed by atoms with E-state index in [0.717, 1.165) is 29.7 Å². The minimum absolute atomic E-state index is 0.0518. The van der Waals surface area contributed by atoms with Crippen LogP contribution in [0.25, 0.3) is 5.76 Å². The van der Waals surface area contributed by atoms with E-state index in [-0.39, 0.29) is 27.9 Å². The van der Waals surface area contributed by atoms with Crippen molar-refractivity contribution >= 4 is 39.9 Å². The maximum atomic E-state index is 13.4. The summed E-state index contributed by atoms with van der Waals surface area (Å²) in [6.45, 7) is 8.12. The zero-order valence-corrected chi connectivity index (χ0v) is 22.6. The first kappa shape index (κ1) is 27.1. The highest BCUT2D eigenvalue weighted by Gasteiger charge is 2.48. The number of aryl methyl sites for hydroxylation is 2. The number of carbonyl (C=O) groups excluding carboxylic acids is 3. The SMILES string of the molecule is CCCCOc1ccc(C2C(=C(O)c3ccc(C)cc3)C(=O)C(=O)N2c2nc(C)c(C(=O)OCC)s2)cc1. The van der Waals surface area contributed by atoms with Gasteiger partial charge in [-0.05, 0) is 44.9 Å². The summed E-state index contributed by atoms with van der Waals surface area (Å²) in [5.74, 6) is -1.83. The number of carbonyl (C=O) groups is 3. The molecule has 198 valence electrons. The van der Waals surface area contributed by atoms with Crippen molar-refractivity contribution < 1.29 is 29.0 Å². The van der Waals surface area contributed by atoms with Crippen LogP contribution in [0.4, 0.5) is 5.13 Å². The van der Waals surface area contributed by atoms with Crippen LogP contribution in [0.3, 0.4) is 0 Å². The van der Waals surface area contributed by atoms with Crippen LogP contribution in [-0.2, 0) is 14.3 Å². The summed E-state index contributed by atoms with van der Waals surface area (Å²) < 4.78 is 10.9. The Kier molecular flexibility index (Phi) is 8.26. The van der Waals surface area contributed by atoms with Gasteiger partial charge in [-0.2, -0.15) is 0 Å². The van der Waals surface area contributed by atoms with Crippen LogP contribution >= 0.6 is 11.3 Å². The molecule has 3 aromatic rings. The minimum atomic E-state index is -0.957. The second-order valence-corrected chi connectivity index (χ2v) is 9.92. The van der Waals surface area contributed by atoms with Gasteiger partial charge in [-0.1, -0.05) is 66.6 Å². The Morgan fingerprint density at radius 3 is 2.37 bits per heavy atom. The average Bonchev–Trinajstić information content (AvgIpc) is 3.41. The van der Waals surface area contributed by atoms with Gasteiger partial charge in [0.1, 0.15) is 16.4 Å². The number of amides is 1. The number of aromatic nitrogens is 1. The normalized spacial score (nSPS) is 16.6. The molecule has 38 heavy (non-hydrogen) atoms. The number of hydrogen-bond acceptors (Lipinski definition) is 8. The van der Waals surface area contributed by atoms with Crippen LogP contribution in [0, 0.1) is 13.8 Å². The van der Waals surface area contributed by atoms with Crippen molar-refractivity contribution in [1.29, 1.82) is 0 Å². The fraction of sp³-hybridized carbons (Fsp3) is 0.310. The Morgan fingerprint density at radius 2 is 1.74 bits per heavy atom. The Bertz CT molecular complexity index is 1380. The standard InChI is InChI=1S/C29H30N2O6S/c1-5-7-16-37-21-14-12-19(13-15-21)23-22(24(32)20-10-8-17(3)9-11-20)25(33)27(34)31(23)29-30-18(4)26(38-29)28(35)36-6-2/h8-15,23,32H,5-7,16H2,1-4H3. The van der Waals surface area contributed by atoms with Crippen LogP contribution in [0.15, 0.2) is 54.1 Å². The molecule has 1 atom stereocenters. The monoisotopic (exact) mass is 534 g/mol. The molecule has 0 bridgehead atoms. The van der Waals surface area contributed by atoms with E-state index >= 15 is 0 Å². The molecule has 1 aliphatic heterocycles. The minimum Gasteiger partial charge on any atom is -0.507 e. The van der Waals surface area contributed by atoms with Crippen molar-refractivity contribution in [3.05, 3.63) is 81.4 Å². The first-order chi connectivity index (χ1) is 18.3. The van der Waals surface area contributed by atoms with Gasteiger partial charge in [0.2, 0.25) is 0 Å². The summed E-state index contributed by atoms with van der Waals surface area (Å²) in [6, 6.07) is 13.2. The van der Waals surface area contributed by atoms with Crippen molar-refractivity contribution in [3.8, 4) is 5.75 Å². The Balaban J connectivity index is 1.83. The molecule has 1 saturated heterocycles. The second kappa shape index (κ2) is 11.6. The lowest BCUT2D eigenvalue weighted by atomic mass is 9.95. The largest absolute Gasteiger partial charge is 0.507 e. The number of nitrogens with zero attached hydrogens (tertiary/aromatic N) is 2. The number of hydrogen-bond donors (Lipinski definition) is 1. The van der Waals surface area contributed by atoms with Gasteiger partial charge >= 0.3 is 11.9 Å². The summed E-state index contributed by atoms with van der Waals surface area (Å²) in [6.07, 6.45) is 1.93. The van der Waals surface area contributed by atoms with Gasteiger partial charge in [0.15, 0.2) is 5.13 Å². The van der Waals surface area contributed by atoms with Crippen LogP contribution in [-0.4, -0.2) is 41.0 Å². The van der Waals surface area contributed by atoms with Crippen molar-refractivity contribution in [2.24, 2.45) is 0 Å². The fourth-order valence-corrected chi connectivity index (χ4v) is 5.15. The Labute approximate surface area is 225 Å². The Hall–Kier alpha value is -3.98. The van der Waals surface area contributed by atoms with E-state index in [1.54, 1.807) is 50.2 Å². The number of esters is 1. The zero-order valence-electron chi connectivity index (χ0n) is 21.8. The third-order valence-corrected chi connectivity index (χ3v) is 7.32. The lowest BCUT2D eigenvalue weighted by Crippen LogP contribution is -2.29. The molecular formula is C29H30N2O6S. The number of ether oxygens (including phenoxy) is 2. The molecule has 1 N–H and O–H groups in total. The van der Waals surface area contributed by atoms with Crippen molar-refractivity contribution in [1.82, 2.24) is 4.98 Å². The number of aliphatic hydroxyl groups is 1. The molecule has 0 spiro atoms. The quantitative estimate of drug-likeness (QED) is 0.123. The highest BCUT2D eigenvalue weighted by Crippen LogP contribution is 2.44. The number of ketones is 1. The van der Waals surface area contributed by atoms with Gasteiger partial charge < -0.3 is 14.6 Å². The molecular weight excluding hydrogens is 504 g/mol. The van der Waals surface area contributed by atoms with E-state index in [2.05, 4.69) is 11.9 Å². The van der Waals surface area contributed by atoms with E-state index in [9.17, 15) is 19.5 Å². The third kappa shape index (κ3) is 5.33. The van der Waals surface area contributed by atoms with Gasteiger partial charge in [0.25, 0.3) is 5.78 Å². The van der Waals surface area contributed by atoms with Crippen LogP contribution < -0.4 is 9.64 Å². The predicted molar refractivity (Wildman–Crippen MR) is 146 cm³/mol. The van der Waals surface area contributed by atoms with Crippen LogP contribution in [0.5, 0.6) is 5.75 Å². The van der Waals surface area contributed by atoms with E-state index < -0.39 is 23.7 Å². The summed E-state index contributed by atoms with van der Waals surface area (Å²) in [5, 5.41) is 11.4. The number of anilines is 1. The molecule has 1 fully saturated rings. The van der Waals surface area contributed by atoms with E-state index in [0.29, 0.717) is 29.2 Å². The highest BCUT2D eigenvalue weighted by atomic mass is 32.1. The van der Waals surface area contributed by atoms with Crippen molar-refractivity contribution in [2.75, 3.05) is 18.1 Å². The van der Waals surface area contributed by atoms with E-state index in [4.69, 9.17) is 9.47 Å². The average molecular weight is 535 g/mol. The maximum Gasteiger partial charge on any atom is 0.350 e. The molecule has 0 saturated carbocycles. The van der Waals surface area contributed by atoms with E-state index in [1.807, 2.05) is 19.1 Å². The Morgan fingerprint density at radius 1 is 1.05 bits per heavy atom. The molecule has 0 radical (unpaired) electrons. The van der Waals surface area contributed by atoms with Gasteiger partial charge in [0.05, 0.1) is 30.5 Å². The van der Waals surface area contributed by atoms with Gasteiger partial charge in [-0.15, -0.1) is 0 Å². The molecule has 2 aromatic carbocycles. The molecule has 1 aliphatic rings. The molecule has 2 heterocycles. The lowest BCUT2D eigenvalue weighted by molar-refractivity contribution is -0.132. The molecule has 1 unspecified atom stereocenters. The number of thiazole rings is 1. The molecule has 4 rings (SSSR count). The number of aliphatic hydroxyl groups excluding tert-OH is 1. The summed E-state index contributed by atoms with van der Waals surface area (Å²) in [5.41, 5.74) is 2.33. The number of benzene rings is 2. The summed E-state index contributed by atoms with van der Waals surface area (Å²) in [7, 11) is 0. The first-order valence-corrected chi connectivity index (χ1v) is 13.3. The van der Waals surface area contributed by atoms with Crippen molar-refractivity contribution in [3.63, 3.8) is 0 Å². The summed E-state index contributed by atoms with van der Waals surface area (Å²) >= 11 is 0.976.